The first-order valence-corrected chi connectivity index (χ1v) is 5.00. The van der Waals surface area contributed by atoms with Gasteiger partial charge in [0.05, 0.1) is 0 Å². The number of aryl methyl sites for hydroxylation is 2. The number of aromatic amines is 1. The molecule has 82 valence electrons. The highest BCUT2D eigenvalue weighted by atomic mass is 16.1. The summed E-state index contributed by atoms with van der Waals surface area (Å²) in [5.41, 5.74) is 2.25. The molecule has 1 aromatic heterocycles. The molecule has 0 aliphatic carbocycles. The molecule has 0 fully saturated rings. The Morgan fingerprint density at radius 1 is 1.47 bits per heavy atom. The molecule has 2 N–H and O–H groups in total. The summed E-state index contributed by atoms with van der Waals surface area (Å²) in [7, 11) is 0. The Morgan fingerprint density at radius 2 is 2.13 bits per heavy atom. The number of rotatable bonds is 3. The van der Waals surface area contributed by atoms with Crippen LogP contribution in [0.1, 0.15) is 30.3 Å². The second kappa shape index (κ2) is 4.77. The number of H-pyrrole nitrogens is 1. The summed E-state index contributed by atoms with van der Waals surface area (Å²) in [5, 5.41) is 2.69. The minimum atomic E-state index is -0.0469. The lowest BCUT2D eigenvalue weighted by Gasteiger charge is -2.07. The third kappa shape index (κ3) is 2.94. The van der Waals surface area contributed by atoms with Gasteiger partial charge in [0.15, 0.2) is 5.43 Å². The monoisotopic (exact) mass is 208 g/mol. The molecule has 0 unspecified atom stereocenters. The number of hydrogen-bond acceptors (Lipinski definition) is 2. The zero-order valence-electron chi connectivity index (χ0n) is 9.31. The second-order valence-corrected chi connectivity index (χ2v) is 3.55. The standard InChI is InChI=1S/C11H16N2O2/c1-4-11(15)12-6-9-8(3)13-7(2)5-10(9)14/h5H,4,6H2,1-3H3,(H,12,15)(H,13,14). The minimum Gasteiger partial charge on any atom is -0.362 e. The molecule has 4 heteroatoms. The predicted molar refractivity (Wildman–Crippen MR) is 58.7 cm³/mol. The molecule has 0 aromatic carbocycles. The fourth-order valence-corrected chi connectivity index (χ4v) is 1.41. The van der Waals surface area contributed by atoms with Crippen LogP contribution < -0.4 is 10.7 Å². The average molecular weight is 208 g/mol. The molecule has 0 aliphatic rings. The van der Waals surface area contributed by atoms with Gasteiger partial charge in [0.2, 0.25) is 5.91 Å². The van der Waals surface area contributed by atoms with E-state index in [1.54, 1.807) is 13.0 Å². The fraction of sp³-hybridized carbons (Fsp3) is 0.455. The largest absolute Gasteiger partial charge is 0.362 e. The average Bonchev–Trinajstić information content (AvgIpc) is 2.15. The third-order valence-electron chi connectivity index (χ3n) is 2.27. The molecule has 1 rings (SSSR count). The Hall–Kier alpha value is -1.58. The van der Waals surface area contributed by atoms with Gasteiger partial charge in [-0.3, -0.25) is 9.59 Å². The summed E-state index contributed by atoms with van der Waals surface area (Å²) in [6.45, 7) is 5.75. The molecule has 0 saturated carbocycles. The Morgan fingerprint density at radius 3 is 2.67 bits per heavy atom. The summed E-state index contributed by atoms with van der Waals surface area (Å²) >= 11 is 0. The molecule has 0 aliphatic heterocycles. The van der Waals surface area contributed by atoms with Gasteiger partial charge >= 0.3 is 0 Å². The van der Waals surface area contributed by atoms with Crippen LogP contribution in [-0.2, 0) is 11.3 Å². The number of amides is 1. The zero-order chi connectivity index (χ0) is 11.4. The molecule has 0 bridgehead atoms. The first-order valence-electron chi connectivity index (χ1n) is 5.00. The van der Waals surface area contributed by atoms with E-state index in [9.17, 15) is 9.59 Å². The third-order valence-corrected chi connectivity index (χ3v) is 2.27. The smallest absolute Gasteiger partial charge is 0.219 e. The highest BCUT2D eigenvalue weighted by Gasteiger charge is 2.05. The molecule has 1 amide bonds. The van der Waals surface area contributed by atoms with E-state index in [1.165, 1.54) is 0 Å². The van der Waals surface area contributed by atoms with Crippen molar-refractivity contribution in [1.29, 1.82) is 0 Å². The normalized spacial score (nSPS) is 10.1. The number of hydrogen-bond donors (Lipinski definition) is 2. The van der Waals surface area contributed by atoms with Gasteiger partial charge in [-0.25, -0.2) is 0 Å². The SMILES string of the molecule is CCC(=O)NCc1c(C)[nH]c(C)cc1=O. The van der Waals surface area contributed by atoms with Crippen molar-refractivity contribution >= 4 is 5.91 Å². The van der Waals surface area contributed by atoms with Crippen molar-refractivity contribution in [3.8, 4) is 0 Å². The summed E-state index contributed by atoms with van der Waals surface area (Å²) in [4.78, 5) is 25.7. The lowest BCUT2D eigenvalue weighted by atomic mass is 10.1. The number of carbonyl (C=O) groups excluding carboxylic acids is 1. The zero-order valence-corrected chi connectivity index (χ0v) is 9.31. The predicted octanol–water partition coefficient (Wildman–Crippen LogP) is 1.02. The van der Waals surface area contributed by atoms with Crippen molar-refractivity contribution < 1.29 is 4.79 Å². The lowest BCUT2D eigenvalue weighted by Crippen LogP contribution is -2.26. The molecule has 1 heterocycles. The Bertz CT molecular complexity index is 421. The van der Waals surface area contributed by atoms with Crippen LogP contribution in [0.3, 0.4) is 0 Å². The van der Waals surface area contributed by atoms with E-state index in [2.05, 4.69) is 10.3 Å². The minimum absolute atomic E-state index is 0.0276. The van der Waals surface area contributed by atoms with Gasteiger partial charge in [-0.1, -0.05) is 6.92 Å². The van der Waals surface area contributed by atoms with Crippen LogP contribution in [0.25, 0.3) is 0 Å². The Balaban J connectivity index is 2.86. The highest BCUT2D eigenvalue weighted by Crippen LogP contribution is 2.00. The number of pyridine rings is 1. The summed E-state index contributed by atoms with van der Waals surface area (Å²) in [6, 6.07) is 1.54. The van der Waals surface area contributed by atoms with Gasteiger partial charge in [0.1, 0.15) is 0 Å². The first-order chi connectivity index (χ1) is 7.04. The van der Waals surface area contributed by atoms with Crippen LogP contribution in [0.4, 0.5) is 0 Å². The van der Waals surface area contributed by atoms with Crippen LogP contribution in [0.2, 0.25) is 0 Å². The molecular weight excluding hydrogens is 192 g/mol. The number of aromatic nitrogens is 1. The molecule has 0 spiro atoms. The second-order valence-electron chi connectivity index (χ2n) is 3.55. The quantitative estimate of drug-likeness (QED) is 0.779. The summed E-state index contributed by atoms with van der Waals surface area (Å²) < 4.78 is 0. The van der Waals surface area contributed by atoms with Crippen molar-refractivity contribution in [1.82, 2.24) is 10.3 Å². The van der Waals surface area contributed by atoms with E-state index in [-0.39, 0.29) is 11.3 Å². The van der Waals surface area contributed by atoms with Crippen molar-refractivity contribution in [3.63, 3.8) is 0 Å². The van der Waals surface area contributed by atoms with Crippen LogP contribution in [0.15, 0.2) is 10.9 Å². The van der Waals surface area contributed by atoms with Gasteiger partial charge in [0.25, 0.3) is 0 Å². The van der Waals surface area contributed by atoms with E-state index in [0.717, 1.165) is 11.4 Å². The molecule has 4 nitrogen and oxygen atoms in total. The van der Waals surface area contributed by atoms with E-state index in [4.69, 9.17) is 0 Å². The van der Waals surface area contributed by atoms with Gasteiger partial charge in [-0.2, -0.15) is 0 Å². The van der Waals surface area contributed by atoms with Crippen LogP contribution >= 0.6 is 0 Å². The van der Waals surface area contributed by atoms with E-state index < -0.39 is 0 Å². The van der Waals surface area contributed by atoms with E-state index >= 15 is 0 Å². The van der Waals surface area contributed by atoms with Crippen molar-refractivity contribution in [2.75, 3.05) is 0 Å². The summed E-state index contributed by atoms with van der Waals surface area (Å²) in [5.74, 6) is -0.0469. The maximum absolute atomic E-state index is 11.6. The topological polar surface area (TPSA) is 62.0 Å². The van der Waals surface area contributed by atoms with Crippen molar-refractivity contribution in [2.24, 2.45) is 0 Å². The van der Waals surface area contributed by atoms with Crippen molar-refractivity contribution in [3.05, 3.63) is 33.2 Å². The molecule has 0 saturated heterocycles. The molecule has 0 radical (unpaired) electrons. The molecule has 1 aromatic rings. The van der Waals surface area contributed by atoms with Crippen LogP contribution in [-0.4, -0.2) is 10.9 Å². The van der Waals surface area contributed by atoms with Crippen LogP contribution in [0, 0.1) is 13.8 Å². The van der Waals surface area contributed by atoms with Crippen molar-refractivity contribution in [2.45, 2.75) is 33.7 Å². The number of nitrogens with one attached hydrogen (secondary N) is 2. The first kappa shape index (κ1) is 11.5. The molecule has 0 atom stereocenters. The van der Waals surface area contributed by atoms with Gasteiger partial charge < -0.3 is 10.3 Å². The van der Waals surface area contributed by atoms with Gasteiger partial charge in [0, 0.05) is 36.0 Å². The Labute approximate surface area is 88.7 Å². The lowest BCUT2D eigenvalue weighted by molar-refractivity contribution is -0.120. The molecule has 15 heavy (non-hydrogen) atoms. The molecular formula is C11H16N2O2. The highest BCUT2D eigenvalue weighted by molar-refractivity contribution is 5.75. The Kier molecular flexibility index (Phi) is 3.66. The summed E-state index contributed by atoms with van der Waals surface area (Å²) in [6.07, 6.45) is 0.433. The maximum atomic E-state index is 11.6. The van der Waals surface area contributed by atoms with E-state index in [0.29, 0.717) is 18.5 Å². The van der Waals surface area contributed by atoms with E-state index in [1.807, 2.05) is 13.8 Å². The fourth-order valence-electron chi connectivity index (χ4n) is 1.41. The maximum Gasteiger partial charge on any atom is 0.219 e. The van der Waals surface area contributed by atoms with Crippen LogP contribution in [0.5, 0.6) is 0 Å². The van der Waals surface area contributed by atoms with Gasteiger partial charge in [-0.05, 0) is 13.8 Å². The van der Waals surface area contributed by atoms with Gasteiger partial charge in [-0.15, -0.1) is 0 Å². The number of carbonyl (C=O) groups is 1.